The Kier molecular flexibility index (Phi) is 5.12. The first kappa shape index (κ1) is 19.0. The van der Waals surface area contributed by atoms with E-state index in [1.54, 1.807) is 7.11 Å². The lowest BCUT2D eigenvalue weighted by molar-refractivity contribution is 0.415. The van der Waals surface area contributed by atoms with Crippen molar-refractivity contribution in [3.05, 3.63) is 115 Å². The average Bonchev–Trinajstić information content (AvgIpc) is 2.84. The molecule has 0 bridgehead atoms. The maximum Gasteiger partial charge on any atom is 0.127 e. The minimum atomic E-state index is 0.811. The maximum atomic E-state index is 5.96. The molecule has 5 aromatic rings. The zero-order valence-electron chi connectivity index (χ0n) is 17.2. The normalized spacial score (nSPS) is 10.7. The number of benzene rings is 5. The summed E-state index contributed by atoms with van der Waals surface area (Å²) in [7, 11) is 1.68. The van der Waals surface area contributed by atoms with Gasteiger partial charge in [-0.05, 0) is 81.6 Å². The summed E-state index contributed by atoms with van der Waals surface area (Å²) in [5, 5.41) is 2.26. The third-order valence-corrected chi connectivity index (χ3v) is 5.31. The van der Waals surface area contributed by atoms with Crippen LogP contribution in [0.3, 0.4) is 0 Å². The molecule has 0 N–H and O–H groups in total. The molecule has 2 heteroatoms. The lowest BCUT2D eigenvalue weighted by Gasteiger charge is -2.13. The molecule has 5 rings (SSSR count). The first-order chi connectivity index (χ1) is 15.3. The van der Waals surface area contributed by atoms with E-state index in [9.17, 15) is 0 Å². The molecule has 149 valence electrons. The highest BCUT2D eigenvalue weighted by Gasteiger charge is 2.11. The minimum Gasteiger partial charge on any atom is -0.497 e. The van der Waals surface area contributed by atoms with Crippen molar-refractivity contribution in [2.75, 3.05) is 7.11 Å². The van der Waals surface area contributed by atoms with Gasteiger partial charge in [-0.2, -0.15) is 0 Å². The van der Waals surface area contributed by atoms with Gasteiger partial charge in [0.2, 0.25) is 0 Å². The zero-order chi connectivity index (χ0) is 21.0. The highest BCUT2D eigenvalue weighted by atomic mass is 16.5. The second-order valence-electron chi connectivity index (χ2n) is 7.31. The molecule has 2 nitrogen and oxygen atoms in total. The Morgan fingerprint density at radius 2 is 1.19 bits per heavy atom. The molecule has 0 fully saturated rings. The lowest BCUT2D eigenvalue weighted by Crippen LogP contribution is -1.89. The van der Waals surface area contributed by atoms with Crippen molar-refractivity contribution in [1.82, 2.24) is 0 Å². The number of rotatable bonds is 5. The van der Waals surface area contributed by atoms with Gasteiger partial charge in [0.1, 0.15) is 17.2 Å². The van der Waals surface area contributed by atoms with Gasteiger partial charge in [-0.25, -0.2) is 0 Å². The van der Waals surface area contributed by atoms with E-state index in [4.69, 9.17) is 9.47 Å². The molecule has 0 aliphatic heterocycles. The van der Waals surface area contributed by atoms with Crippen molar-refractivity contribution in [2.24, 2.45) is 0 Å². The van der Waals surface area contributed by atoms with Crippen LogP contribution < -0.4 is 9.47 Å². The van der Waals surface area contributed by atoms with Gasteiger partial charge in [0.15, 0.2) is 0 Å². The number of hydrogen-bond acceptors (Lipinski definition) is 2. The third-order valence-electron chi connectivity index (χ3n) is 5.31. The quantitative estimate of drug-likeness (QED) is 0.299. The van der Waals surface area contributed by atoms with Crippen LogP contribution in [-0.2, 0) is 0 Å². The Balaban J connectivity index is 1.57. The summed E-state index contributed by atoms with van der Waals surface area (Å²) in [4.78, 5) is 0. The smallest absolute Gasteiger partial charge is 0.127 e. The molecule has 1 radical (unpaired) electrons. The van der Waals surface area contributed by atoms with Crippen LogP contribution in [-0.4, -0.2) is 7.11 Å². The van der Waals surface area contributed by atoms with Gasteiger partial charge in [-0.15, -0.1) is 0 Å². The summed E-state index contributed by atoms with van der Waals surface area (Å²) in [5.74, 6) is 2.48. The van der Waals surface area contributed by atoms with Gasteiger partial charge < -0.3 is 9.47 Å². The summed E-state index contributed by atoms with van der Waals surface area (Å²) < 4.78 is 11.3. The van der Waals surface area contributed by atoms with Crippen LogP contribution in [0.4, 0.5) is 0 Å². The second kappa shape index (κ2) is 8.37. The van der Waals surface area contributed by atoms with Crippen LogP contribution in [0, 0.1) is 6.07 Å². The van der Waals surface area contributed by atoms with Crippen LogP contribution >= 0.6 is 0 Å². The molecular formula is C29H21O2. The standard InChI is InChI=1S/C29H21O2/c1-30-25-15-11-21(12-16-25)28-19-23-7-5-6-8-24(23)20-29(28)22-13-17-27(18-14-22)31-26-9-3-2-4-10-26/h2-18,20H,1H3. The van der Waals surface area contributed by atoms with Crippen molar-refractivity contribution in [3.63, 3.8) is 0 Å². The zero-order valence-corrected chi connectivity index (χ0v) is 17.2. The minimum absolute atomic E-state index is 0.811. The molecule has 0 atom stereocenters. The fourth-order valence-electron chi connectivity index (χ4n) is 3.71. The number of hydrogen-bond donors (Lipinski definition) is 0. The van der Waals surface area contributed by atoms with Crippen LogP contribution in [0.25, 0.3) is 33.0 Å². The topological polar surface area (TPSA) is 18.5 Å². The summed E-state index contributed by atoms with van der Waals surface area (Å²) in [5.41, 5.74) is 4.42. The Morgan fingerprint density at radius 3 is 1.94 bits per heavy atom. The molecule has 5 aromatic carbocycles. The number of ether oxygens (including phenoxy) is 2. The number of para-hydroxylation sites is 1. The maximum absolute atomic E-state index is 5.96. The molecule has 0 saturated heterocycles. The summed E-state index contributed by atoms with van der Waals surface area (Å²) in [6.07, 6.45) is 0. The Morgan fingerprint density at radius 1 is 0.581 bits per heavy atom. The van der Waals surface area contributed by atoms with Gasteiger partial charge >= 0.3 is 0 Å². The first-order valence-electron chi connectivity index (χ1n) is 10.2. The second-order valence-corrected chi connectivity index (χ2v) is 7.31. The fraction of sp³-hybridized carbons (Fsp3) is 0.0345. The van der Waals surface area contributed by atoms with E-state index in [-0.39, 0.29) is 0 Å². The molecule has 0 amide bonds. The molecule has 0 heterocycles. The molecular weight excluding hydrogens is 380 g/mol. The largest absolute Gasteiger partial charge is 0.497 e. The van der Waals surface area contributed by atoms with Crippen molar-refractivity contribution in [2.45, 2.75) is 0 Å². The highest BCUT2D eigenvalue weighted by Crippen LogP contribution is 2.37. The van der Waals surface area contributed by atoms with E-state index in [0.717, 1.165) is 44.9 Å². The van der Waals surface area contributed by atoms with E-state index >= 15 is 0 Å². The SMILES string of the molecule is COc1ccc(-c2[c]c3ccccc3cc2-c2ccc(Oc3ccccc3)cc2)cc1. The predicted molar refractivity (Wildman–Crippen MR) is 127 cm³/mol. The van der Waals surface area contributed by atoms with Gasteiger partial charge in [0.25, 0.3) is 0 Å². The third kappa shape index (κ3) is 4.01. The van der Waals surface area contributed by atoms with Crippen LogP contribution in [0.5, 0.6) is 17.2 Å². The predicted octanol–water partition coefficient (Wildman–Crippen LogP) is 7.77. The Bertz CT molecular complexity index is 1310. The molecule has 0 spiro atoms. The fourth-order valence-corrected chi connectivity index (χ4v) is 3.71. The summed E-state index contributed by atoms with van der Waals surface area (Å²) in [6, 6.07) is 40.4. The van der Waals surface area contributed by atoms with Crippen molar-refractivity contribution >= 4 is 10.8 Å². The van der Waals surface area contributed by atoms with Gasteiger partial charge in [-0.1, -0.05) is 66.7 Å². The Labute approximate surface area is 182 Å². The number of methoxy groups -OCH3 is 1. The van der Waals surface area contributed by atoms with Gasteiger partial charge in [0.05, 0.1) is 7.11 Å². The summed E-state index contributed by atoms with van der Waals surface area (Å²) in [6.45, 7) is 0. The molecule has 31 heavy (non-hydrogen) atoms. The van der Waals surface area contributed by atoms with E-state index in [0.29, 0.717) is 0 Å². The first-order valence-corrected chi connectivity index (χ1v) is 10.2. The molecule has 0 saturated carbocycles. The van der Waals surface area contributed by atoms with Crippen LogP contribution in [0.1, 0.15) is 0 Å². The molecule has 0 aromatic heterocycles. The summed E-state index contributed by atoms with van der Waals surface area (Å²) >= 11 is 0. The van der Waals surface area contributed by atoms with Crippen molar-refractivity contribution in [3.8, 4) is 39.5 Å². The van der Waals surface area contributed by atoms with Gasteiger partial charge in [0, 0.05) is 0 Å². The van der Waals surface area contributed by atoms with Crippen LogP contribution in [0.2, 0.25) is 0 Å². The average molecular weight is 401 g/mol. The van der Waals surface area contributed by atoms with Gasteiger partial charge in [-0.3, -0.25) is 0 Å². The van der Waals surface area contributed by atoms with Crippen LogP contribution in [0.15, 0.2) is 109 Å². The van der Waals surface area contributed by atoms with Crippen molar-refractivity contribution in [1.29, 1.82) is 0 Å². The lowest BCUT2D eigenvalue weighted by atomic mass is 9.91. The molecule has 0 aliphatic rings. The highest BCUT2D eigenvalue weighted by molar-refractivity contribution is 5.95. The number of fused-ring (bicyclic) bond motifs is 1. The van der Waals surface area contributed by atoms with E-state index in [2.05, 4.69) is 54.6 Å². The molecule has 0 unspecified atom stereocenters. The van der Waals surface area contributed by atoms with E-state index in [1.807, 2.05) is 60.7 Å². The van der Waals surface area contributed by atoms with E-state index < -0.39 is 0 Å². The molecule has 0 aliphatic carbocycles. The monoisotopic (exact) mass is 401 g/mol. The Hall–Kier alpha value is -4.04. The van der Waals surface area contributed by atoms with Crippen molar-refractivity contribution < 1.29 is 9.47 Å². The van der Waals surface area contributed by atoms with E-state index in [1.165, 1.54) is 5.39 Å².